The van der Waals surface area contributed by atoms with E-state index >= 15 is 0 Å². The van der Waals surface area contributed by atoms with Crippen LogP contribution in [0, 0.1) is 2.88 Å². The first kappa shape index (κ1) is 13.0. The third-order valence-electron chi connectivity index (χ3n) is 2.17. The van der Waals surface area contributed by atoms with E-state index in [4.69, 9.17) is 4.42 Å². The predicted octanol–water partition coefficient (Wildman–Crippen LogP) is 3.90. The molecule has 0 saturated heterocycles. The van der Waals surface area contributed by atoms with E-state index in [-0.39, 0.29) is 5.54 Å². The van der Waals surface area contributed by atoms with E-state index in [0.29, 0.717) is 5.89 Å². The summed E-state index contributed by atoms with van der Waals surface area (Å²) in [7, 11) is 0. The lowest BCUT2D eigenvalue weighted by atomic mass is 10.1. The third-order valence-corrected chi connectivity index (χ3v) is 3.95. The highest BCUT2D eigenvalue weighted by molar-refractivity contribution is 14.1. The van der Waals surface area contributed by atoms with E-state index in [1.807, 2.05) is 0 Å². The average Bonchev–Trinajstić information content (AvgIpc) is 2.81. The fourth-order valence-corrected chi connectivity index (χ4v) is 2.62. The minimum absolute atomic E-state index is 0.0941. The van der Waals surface area contributed by atoms with Crippen molar-refractivity contribution in [1.82, 2.24) is 10.3 Å². The molecule has 0 aliphatic heterocycles. The Bertz CT molecular complexity index is 499. The average molecular weight is 362 g/mol. The molecule has 92 valence electrons. The van der Waals surface area contributed by atoms with Crippen LogP contribution in [-0.2, 0) is 6.54 Å². The molecule has 2 rings (SSSR count). The van der Waals surface area contributed by atoms with Crippen molar-refractivity contribution in [1.29, 1.82) is 0 Å². The molecule has 0 bridgehead atoms. The zero-order valence-corrected chi connectivity index (χ0v) is 13.1. The van der Waals surface area contributed by atoms with Crippen molar-refractivity contribution in [2.45, 2.75) is 32.9 Å². The fraction of sp³-hybridized carbons (Fsp3) is 0.417. The Kier molecular flexibility index (Phi) is 3.89. The maximum atomic E-state index is 5.48. The second-order valence-electron chi connectivity index (χ2n) is 4.89. The number of aromatic nitrogens is 1. The van der Waals surface area contributed by atoms with E-state index in [1.54, 1.807) is 17.6 Å². The summed E-state index contributed by atoms with van der Waals surface area (Å²) in [4.78, 5) is 4.47. The summed E-state index contributed by atoms with van der Waals surface area (Å²) in [6.07, 6.45) is 1.72. The molecule has 17 heavy (non-hydrogen) atoms. The molecular formula is C12H15IN2OS. The lowest BCUT2D eigenvalue weighted by Gasteiger charge is -2.19. The number of oxazole rings is 1. The summed E-state index contributed by atoms with van der Waals surface area (Å²) in [5, 5.41) is 5.45. The zero-order chi connectivity index (χ0) is 12.5. The standard InChI is InChI=1S/C12H15IN2OS/c1-12(2,3)14-5-9-6-16-11(15-9)8-4-10(13)17-7-8/h4,6-7,14H,5H2,1-3H3. The van der Waals surface area contributed by atoms with E-state index in [0.717, 1.165) is 17.8 Å². The normalized spacial score (nSPS) is 12.0. The highest BCUT2D eigenvalue weighted by atomic mass is 127. The molecule has 0 aliphatic carbocycles. The molecule has 3 nitrogen and oxygen atoms in total. The van der Waals surface area contributed by atoms with Gasteiger partial charge in [-0.1, -0.05) is 0 Å². The first-order chi connectivity index (χ1) is 7.94. The number of thiophene rings is 1. The number of nitrogens with one attached hydrogen (secondary N) is 1. The van der Waals surface area contributed by atoms with Crippen molar-refractivity contribution in [3.05, 3.63) is 26.3 Å². The molecule has 0 spiro atoms. The lowest BCUT2D eigenvalue weighted by Crippen LogP contribution is -2.35. The Morgan fingerprint density at radius 2 is 2.24 bits per heavy atom. The van der Waals surface area contributed by atoms with Crippen molar-refractivity contribution in [2.24, 2.45) is 0 Å². The molecule has 1 N–H and O–H groups in total. The molecule has 0 amide bonds. The molecule has 0 fully saturated rings. The van der Waals surface area contributed by atoms with Gasteiger partial charge in [0.15, 0.2) is 0 Å². The third kappa shape index (κ3) is 3.79. The zero-order valence-electron chi connectivity index (χ0n) is 10.1. The largest absolute Gasteiger partial charge is 0.444 e. The maximum Gasteiger partial charge on any atom is 0.227 e. The van der Waals surface area contributed by atoms with Crippen LogP contribution in [0.5, 0.6) is 0 Å². The van der Waals surface area contributed by atoms with Crippen LogP contribution in [0.2, 0.25) is 0 Å². The summed E-state index contributed by atoms with van der Waals surface area (Å²) >= 11 is 4.00. The monoisotopic (exact) mass is 362 g/mol. The first-order valence-corrected chi connectivity index (χ1v) is 7.34. The van der Waals surface area contributed by atoms with Crippen molar-refractivity contribution in [2.75, 3.05) is 0 Å². The van der Waals surface area contributed by atoms with Crippen molar-refractivity contribution in [3.63, 3.8) is 0 Å². The van der Waals surface area contributed by atoms with E-state index < -0.39 is 0 Å². The molecule has 2 heterocycles. The molecule has 0 radical (unpaired) electrons. The van der Waals surface area contributed by atoms with Crippen LogP contribution in [0.3, 0.4) is 0 Å². The second kappa shape index (κ2) is 5.07. The second-order valence-corrected chi connectivity index (χ2v) is 7.69. The molecule has 5 heteroatoms. The Hall–Kier alpha value is -0.400. The summed E-state index contributed by atoms with van der Waals surface area (Å²) in [6, 6.07) is 2.08. The fourth-order valence-electron chi connectivity index (χ4n) is 1.30. The molecular weight excluding hydrogens is 347 g/mol. The van der Waals surface area contributed by atoms with Gasteiger partial charge in [-0.3, -0.25) is 0 Å². The Morgan fingerprint density at radius 1 is 1.47 bits per heavy atom. The van der Waals surface area contributed by atoms with Crippen LogP contribution >= 0.6 is 33.9 Å². The Balaban J connectivity index is 2.06. The predicted molar refractivity (Wildman–Crippen MR) is 79.1 cm³/mol. The number of hydrogen-bond donors (Lipinski definition) is 1. The Morgan fingerprint density at radius 3 is 2.82 bits per heavy atom. The van der Waals surface area contributed by atoms with Crippen LogP contribution in [0.15, 0.2) is 22.1 Å². The maximum absolute atomic E-state index is 5.48. The van der Waals surface area contributed by atoms with E-state index in [1.165, 1.54) is 2.88 Å². The topological polar surface area (TPSA) is 38.1 Å². The van der Waals surface area contributed by atoms with Crippen LogP contribution < -0.4 is 5.32 Å². The first-order valence-electron chi connectivity index (χ1n) is 5.38. The van der Waals surface area contributed by atoms with Gasteiger partial charge in [-0.15, -0.1) is 11.3 Å². The van der Waals surface area contributed by atoms with Crippen molar-refractivity contribution >= 4 is 33.9 Å². The summed E-state index contributed by atoms with van der Waals surface area (Å²) in [5.41, 5.74) is 2.09. The quantitative estimate of drug-likeness (QED) is 0.842. The smallest absolute Gasteiger partial charge is 0.227 e. The number of halogens is 1. The number of rotatable bonds is 3. The Labute approximate surface area is 119 Å². The minimum atomic E-state index is 0.0941. The highest BCUT2D eigenvalue weighted by Crippen LogP contribution is 2.25. The summed E-state index contributed by atoms with van der Waals surface area (Å²) in [6.45, 7) is 7.13. The SMILES string of the molecule is CC(C)(C)NCc1coc(-c2csc(I)c2)n1. The molecule has 2 aromatic heterocycles. The van der Waals surface area contributed by atoms with Gasteiger partial charge in [-0.05, 0) is 49.4 Å². The van der Waals surface area contributed by atoms with Crippen LogP contribution in [0.4, 0.5) is 0 Å². The van der Waals surface area contributed by atoms with Gasteiger partial charge in [0.05, 0.1) is 8.58 Å². The van der Waals surface area contributed by atoms with Crippen molar-refractivity contribution < 1.29 is 4.42 Å². The summed E-state index contributed by atoms with van der Waals surface area (Å²) < 4.78 is 6.72. The molecule has 0 aliphatic rings. The molecule has 2 aromatic rings. The van der Waals surface area contributed by atoms with Gasteiger partial charge in [0.2, 0.25) is 5.89 Å². The molecule has 0 saturated carbocycles. The van der Waals surface area contributed by atoms with Crippen LogP contribution in [0.25, 0.3) is 11.5 Å². The van der Waals surface area contributed by atoms with Gasteiger partial charge in [-0.25, -0.2) is 4.98 Å². The van der Waals surface area contributed by atoms with Crippen molar-refractivity contribution in [3.8, 4) is 11.5 Å². The molecule has 0 atom stereocenters. The van der Waals surface area contributed by atoms with Crippen LogP contribution in [0.1, 0.15) is 26.5 Å². The lowest BCUT2D eigenvalue weighted by molar-refractivity contribution is 0.421. The summed E-state index contributed by atoms with van der Waals surface area (Å²) in [5.74, 6) is 0.704. The van der Waals surface area contributed by atoms with E-state index in [2.05, 4.69) is 65.1 Å². The van der Waals surface area contributed by atoms with Gasteiger partial charge in [0, 0.05) is 23.0 Å². The number of nitrogens with zero attached hydrogens (tertiary/aromatic N) is 1. The van der Waals surface area contributed by atoms with Gasteiger partial charge in [0.1, 0.15) is 6.26 Å². The molecule has 0 unspecified atom stereocenters. The van der Waals surface area contributed by atoms with Gasteiger partial charge in [0.25, 0.3) is 0 Å². The highest BCUT2D eigenvalue weighted by Gasteiger charge is 2.12. The van der Waals surface area contributed by atoms with Gasteiger partial charge in [-0.2, -0.15) is 0 Å². The number of hydrogen-bond acceptors (Lipinski definition) is 4. The van der Waals surface area contributed by atoms with E-state index in [9.17, 15) is 0 Å². The minimum Gasteiger partial charge on any atom is -0.444 e. The van der Waals surface area contributed by atoms with Gasteiger partial charge >= 0.3 is 0 Å². The molecule has 0 aromatic carbocycles. The van der Waals surface area contributed by atoms with Gasteiger partial charge < -0.3 is 9.73 Å². The van der Waals surface area contributed by atoms with Crippen LogP contribution in [-0.4, -0.2) is 10.5 Å².